The fourth-order valence-corrected chi connectivity index (χ4v) is 3.00. The van der Waals surface area contributed by atoms with E-state index in [1.165, 1.54) is 24.3 Å². The van der Waals surface area contributed by atoms with E-state index >= 15 is 0 Å². The van der Waals surface area contributed by atoms with E-state index in [9.17, 15) is 13.6 Å². The Morgan fingerprint density at radius 2 is 1.47 bits per heavy atom. The summed E-state index contributed by atoms with van der Waals surface area (Å²) in [5, 5.41) is 2.86. The minimum absolute atomic E-state index is 0.127. The fourth-order valence-electron chi connectivity index (χ4n) is 3.00. The van der Waals surface area contributed by atoms with Gasteiger partial charge in [0.15, 0.2) is 11.7 Å². The van der Waals surface area contributed by atoms with Crippen LogP contribution in [0.5, 0.6) is 11.5 Å². The summed E-state index contributed by atoms with van der Waals surface area (Å²) >= 11 is 0. The number of hydrogen-bond donors (Lipinski definition) is 1. The lowest BCUT2D eigenvalue weighted by molar-refractivity contribution is -0.121. The van der Waals surface area contributed by atoms with Crippen molar-refractivity contribution in [2.24, 2.45) is 0 Å². The maximum absolute atomic E-state index is 13.0. The SMILES string of the molecule is O=C(CCc1ncc(-c2ccc(F)cc2)o1)NCc1ccc(Oc2ccc(F)cc2)cc1. The summed E-state index contributed by atoms with van der Waals surface area (Å²) in [5.41, 5.74) is 1.64. The van der Waals surface area contributed by atoms with E-state index in [0.717, 1.165) is 11.1 Å². The number of carbonyl (C=O) groups excluding carboxylic acids is 1. The molecule has 0 aliphatic carbocycles. The predicted octanol–water partition coefficient (Wildman–Crippen LogP) is 5.66. The van der Waals surface area contributed by atoms with Crippen LogP contribution in [-0.4, -0.2) is 10.9 Å². The Morgan fingerprint density at radius 3 is 2.12 bits per heavy atom. The van der Waals surface area contributed by atoms with Crippen LogP contribution in [0.1, 0.15) is 17.9 Å². The van der Waals surface area contributed by atoms with Gasteiger partial charge >= 0.3 is 0 Å². The van der Waals surface area contributed by atoms with Gasteiger partial charge in [0.2, 0.25) is 5.91 Å². The zero-order chi connectivity index (χ0) is 22.3. The molecule has 1 amide bonds. The molecule has 7 heteroatoms. The van der Waals surface area contributed by atoms with Gasteiger partial charge in [0.05, 0.1) is 6.20 Å². The summed E-state index contributed by atoms with van der Waals surface area (Å²) in [4.78, 5) is 16.3. The van der Waals surface area contributed by atoms with E-state index in [0.29, 0.717) is 36.1 Å². The minimum atomic E-state index is -0.320. The molecular weight excluding hydrogens is 414 g/mol. The van der Waals surface area contributed by atoms with Crippen molar-refractivity contribution >= 4 is 5.91 Å². The average Bonchev–Trinajstić information content (AvgIpc) is 3.28. The lowest BCUT2D eigenvalue weighted by atomic mass is 10.2. The predicted molar refractivity (Wildman–Crippen MR) is 115 cm³/mol. The van der Waals surface area contributed by atoms with Crippen molar-refractivity contribution in [1.29, 1.82) is 0 Å². The van der Waals surface area contributed by atoms with Crippen LogP contribution >= 0.6 is 0 Å². The van der Waals surface area contributed by atoms with Crippen LogP contribution in [0.4, 0.5) is 8.78 Å². The van der Waals surface area contributed by atoms with Crippen molar-refractivity contribution in [1.82, 2.24) is 10.3 Å². The number of ether oxygens (including phenoxy) is 1. The van der Waals surface area contributed by atoms with E-state index in [4.69, 9.17) is 9.15 Å². The number of rotatable bonds is 8. The van der Waals surface area contributed by atoms with Crippen LogP contribution in [0.15, 0.2) is 83.4 Å². The third-order valence-corrected chi connectivity index (χ3v) is 4.71. The maximum atomic E-state index is 13.0. The normalized spacial score (nSPS) is 10.7. The molecule has 0 saturated heterocycles. The number of aromatic nitrogens is 1. The first kappa shape index (κ1) is 21.2. The lowest BCUT2D eigenvalue weighted by Gasteiger charge is -2.08. The molecule has 0 atom stereocenters. The highest BCUT2D eigenvalue weighted by atomic mass is 19.1. The topological polar surface area (TPSA) is 64.4 Å². The molecule has 4 rings (SSSR count). The van der Waals surface area contributed by atoms with Gasteiger partial charge in [0, 0.05) is 24.9 Å². The molecule has 0 bridgehead atoms. The van der Waals surface area contributed by atoms with Crippen LogP contribution in [0.25, 0.3) is 11.3 Å². The second kappa shape index (κ2) is 9.87. The fraction of sp³-hybridized carbons (Fsp3) is 0.120. The highest BCUT2D eigenvalue weighted by Crippen LogP contribution is 2.22. The number of oxazole rings is 1. The second-order valence-electron chi connectivity index (χ2n) is 7.10. The van der Waals surface area contributed by atoms with Gasteiger partial charge in [0.1, 0.15) is 23.1 Å². The lowest BCUT2D eigenvalue weighted by Crippen LogP contribution is -2.23. The largest absolute Gasteiger partial charge is 0.457 e. The quantitative estimate of drug-likeness (QED) is 0.389. The Balaban J connectivity index is 1.23. The molecule has 1 heterocycles. The minimum Gasteiger partial charge on any atom is -0.457 e. The summed E-state index contributed by atoms with van der Waals surface area (Å²) in [5.74, 6) is 1.37. The van der Waals surface area contributed by atoms with E-state index in [2.05, 4.69) is 10.3 Å². The molecule has 0 unspecified atom stereocenters. The summed E-state index contributed by atoms with van der Waals surface area (Å²) in [6, 6.07) is 19.0. The molecule has 5 nitrogen and oxygen atoms in total. The standard InChI is InChI=1S/C25H20F2N2O3/c26-19-5-3-18(4-6-19)23-16-29-25(32-23)14-13-24(30)28-15-17-1-9-21(10-2-17)31-22-11-7-20(27)8-12-22/h1-12,16H,13-15H2,(H,28,30). The number of halogens is 2. The molecule has 4 aromatic rings. The van der Waals surface area contributed by atoms with Crippen molar-refractivity contribution in [3.63, 3.8) is 0 Å². The number of amides is 1. The molecular formula is C25H20F2N2O3. The maximum Gasteiger partial charge on any atom is 0.220 e. The smallest absolute Gasteiger partial charge is 0.220 e. The summed E-state index contributed by atoms with van der Waals surface area (Å²) in [6.45, 7) is 0.377. The number of benzene rings is 3. The van der Waals surface area contributed by atoms with Crippen molar-refractivity contribution in [3.8, 4) is 22.8 Å². The Bertz CT molecular complexity index is 1170. The summed E-state index contributed by atoms with van der Waals surface area (Å²) in [6.07, 6.45) is 2.16. The molecule has 162 valence electrons. The molecule has 0 aliphatic heterocycles. The van der Waals surface area contributed by atoms with E-state index in [-0.39, 0.29) is 24.0 Å². The van der Waals surface area contributed by atoms with Crippen LogP contribution in [0.3, 0.4) is 0 Å². The molecule has 0 aliphatic rings. The molecule has 0 saturated carbocycles. The van der Waals surface area contributed by atoms with E-state index in [1.54, 1.807) is 42.6 Å². The second-order valence-corrected chi connectivity index (χ2v) is 7.10. The highest BCUT2D eigenvalue weighted by molar-refractivity contribution is 5.76. The Kier molecular flexibility index (Phi) is 6.55. The van der Waals surface area contributed by atoms with Gasteiger partial charge < -0.3 is 14.5 Å². The van der Waals surface area contributed by atoms with Gasteiger partial charge in [0.25, 0.3) is 0 Å². The van der Waals surface area contributed by atoms with Crippen LogP contribution in [0, 0.1) is 11.6 Å². The van der Waals surface area contributed by atoms with Crippen LogP contribution in [0.2, 0.25) is 0 Å². The molecule has 3 aromatic carbocycles. The molecule has 32 heavy (non-hydrogen) atoms. The summed E-state index contributed by atoms with van der Waals surface area (Å²) in [7, 11) is 0. The first-order chi connectivity index (χ1) is 15.5. The number of nitrogens with zero attached hydrogens (tertiary/aromatic N) is 1. The van der Waals surface area contributed by atoms with Gasteiger partial charge in [-0.05, 0) is 66.2 Å². The van der Waals surface area contributed by atoms with Gasteiger partial charge in [-0.3, -0.25) is 4.79 Å². The molecule has 0 radical (unpaired) electrons. The molecule has 0 spiro atoms. The number of aryl methyl sites for hydroxylation is 1. The summed E-state index contributed by atoms with van der Waals surface area (Å²) < 4.78 is 37.3. The Labute approximate surface area is 183 Å². The monoisotopic (exact) mass is 434 g/mol. The van der Waals surface area contributed by atoms with E-state index in [1.807, 2.05) is 12.1 Å². The number of nitrogens with one attached hydrogen (secondary N) is 1. The molecule has 1 N–H and O–H groups in total. The molecule has 0 fully saturated rings. The number of hydrogen-bond acceptors (Lipinski definition) is 4. The van der Waals surface area contributed by atoms with Crippen molar-refractivity contribution in [2.75, 3.05) is 0 Å². The molecule has 1 aromatic heterocycles. The average molecular weight is 434 g/mol. The van der Waals surface area contributed by atoms with Crippen molar-refractivity contribution < 1.29 is 22.7 Å². The van der Waals surface area contributed by atoms with Gasteiger partial charge in [-0.25, -0.2) is 13.8 Å². The first-order valence-electron chi connectivity index (χ1n) is 10.0. The third-order valence-electron chi connectivity index (χ3n) is 4.71. The highest BCUT2D eigenvalue weighted by Gasteiger charge is 2.09. The van der Waals surface area contributed by atoms with Gasteiger partial charge in [-0.15, -0.1) is 0 Å². The Morgan fingerprint density at radius 1 is 0.875 bits per heavy atom. The van der Waals surface area contributed by atoms with Crippen molar-refractivity contribution in [2.45, 2.75) is 19.4 Å². The Hall–Kier alpha value is -4.00. The van der Waals surface area contributed by atoms with Gasteiger partial charge in [-0.2, -0.15) is 0 Å². The van der Waals surface area contributed by atoms with Gasteiger partial charge in [-0.1, -0.05) is 12.1 Å². The van der Waals surface area contributed by atoms with E-state index < -0.39 is 0 Å². The zero-order valence-corrected chi connectivity index (χ0v) is 17.1. The third kappa shape index (κ3) is 5.78. The zero-order valence-electron chi connectivity index (χ0n) is 17.1. The van der Waals surface area contributed by atoms with Crippen LogP contribution < -0.4 is 10.1 Å². The van der Waals surface area contributed by atoms with Crippen LogP contribution in [-0.2, 0) is 17.8 Å². The first-order valence-corrected chi connectivity index (χ1v) is 10.0. The number of carbonyl (C=O) groups is 1. The van der Waals surface area contributed by atoms with Crippen molar-refractivity contribution in [3.05, 3.63) is 102 Å².